The van der Waals surface area contributed by atoms with Gasteiger partial charge in [0.1, 0.15) is 5.75 Å². The maximum atomic E-state index is 11.1. The zero-order valence-electron chi connectivity index (χ0n) is 11.5. The van der Waals surface area contributed by atoms with Crippen LogP contribution in [-0.4, -0.2) is 37.6 Å². The van der Waals surface area contributed by atoms with E-state index in [0.717, 1.165) is 44.6 Å². The van der Waals surface area contributed by atoms with E-state index < -0.39 is 0 Å². The first-order chi connectivity index (χ1) is 9.19. The first-order valence-corrected chi connectivity index (χ1v) is 6.83. The number of likely N-dealkylation sites (tertiary alicyclic amines) is 1. The minimum atomic E-state index is -0.144. The molecule has 1 aromatic rings. The standard InChI is InChI=1S/C15H22N2O2/c1-19-14-4-2-12(3-5-14)6-9-17-10-7-13(8-11-17)15(16)18/h2-5,13H,6-11H2,1H3,(H2,16,18). The van der Waals surface area contributed by atoms with Gasteiger partial charge in [-0.15, -0.1) is 0 Å². The van der Waals surface area contributed by atoms with Gasteiger partial charge in [-0.2, -0.15) is 0 Å². The number of nitrogens with zero attached hydrogens (tertiary/aromatic N) is 1. The molecule has 0 aromatic heterocycles. The van der Waals surface area contributed by atoms with E-state index in [9.17, 15) is 4.79 Å². The van der Waals surface area contributed by atoms with Crippen molar-refractivity contribution in [3.8, 4) is 5.75 Å². The van der Waals surface area contributed by atoms with Crippen molar-refractivity contribution in [2.75, 3.05) is 26.7 Å². The lowest BCUT2D eigenvalue weighted by atomic mass is 9.96. The number of piperidine rings is 1. The molecular weight excluding hydrogens is 240 g/mol. The molecule has 1 aliphatic heterocycles. The van der Waals surface area contributed by atoms with Gasteiger partial charge in [-0.1, -0.05) is 12.1 Å². The minimum Gasteiger partial charge on any atom is -0.497 e. The Bertz CT molecular complexity index is 409. The van der Waals surface area contributed by atoms with Gasteiger partial charge in [-0.05, 0) is 50.0 Å². The van der Waals surface area contributed by atoms with Crippen LogP contribution in [0.15, 0.2) is 24.3 Å². The van der Waals surface area contributed by atoms with Crippen LogP contribution in [0.2, 0.25) is 0 Å². The second-order valence-electron chi connectivity index (χ2n) is 5.12. The van der Waals surface area contributed by atoms with E-state index >= 15 is 0 Å². The monoisotopic (exact) mass is 262 g/mol. The van der Waals surface area contributed by atoms with Gasteiger partial charge in [-0.25, -0.2) is 0 Å². The van der Waals surface area contributed by atoms with Crippen LogP contribution in [0.3, 0.4) is 0 Å². The highest BCUT2D eigenvalue weighted by atomic mass is 16.5. The smallest absolute Gasteiger partial charge is 0.220 e. The molecule has 4 nitrogen and oxygen atoms in total. The molecule has 0 saturated carbocycles. The van der Waals surface area contributed by atoms with E-state index in [1.54, 1.807) is 7.11 Å². The summed E-state index contributed by atoms with van der Waals surface area (Å²) in [7, 11) is 1.68. The van der Waals surface area contributed by atoms with Crippen LogP contribution in [0.5, 0.6) is 5.75 Å². The van der Waals surface area contributed by atoms with Gasteiger partial charge in [0.25, 0.3) is 0 Å². The number of hydrogen-bond acceptors (Lipinski definition) is 3. The summed E-state index contributed by atoms with van der Waals surface area (Å²) >= 11 is 0. The molecule has 19 heavy (non-hydrogen) atoms. The van der Waals surface area contributed by atoms with E-state index in [1.165, 1.54) is 5.56 Å². The maximum Gasteiger partial charge on any atom is 0.220 e. The Morgan fingerprint density at radius 1 is 1.32 bits per heavy atom. The average molecular weight is 262 g/mol. The predicted molar refractivity (Wildman–Crippen MR) is 75.1 cm³/mol. The van der Waals surface area contributed by atoms with Gasteiger partial charge in [-0.3, -0.25) is 4.79 Å². The van der Waals surface area contributed by atoms with Crippen molar-refractivity contribution in [1.29, 1.82) is 0 Å². The lowest BCUT2D eigenvalue weighted by Gasteiger charge is -2.30. The molecule has 1 heterocycles. The zero-order chi connectivity index (χ0) is 13.7. The number of rotatable bonds is 5. The van der Waals surface area contributed by atoms with Crippen molar-refractivity contribution in [2.24, 2.45) is 11.7 Å². The number of nitrogens with two attached hydrogens (primary N) is 1. The van der Waals surface area contributed by atoms with E-state index in [4.69, 9.17) is 10.5 Å². The Hall–Kier alpha value is -1.55. The molecule has 4 heteroatoms. The molecule has 0 radical (unpaired) electrons. The van der Waals surface area contributed by atoms with Crippen molar-refractivity contribution < 1.29 is 9.53 Å². The van der Waals surface area contributed by atoms with Crippen molar-refractivity contribution in [3.05, 3.63) is 29.8 Å². The van der Waals surface area contributed by atoms with Crippen molar-refractivity contribution >= 4 is 5.91 Å². The van der Waals surface area contributed by atoms with Gasteiger partial charge in [0, 0.05) is 12.5 Å². The molecule has 2 N–H and O–H groups in total. The van der Waals surface area contributed by atoms with E-state index in [0.29, 0.717) is 0 Å². The topological polar surface area (TPSA) is 55.6 Å². The Kier molecular flexibility index (Phi) is 4.80. The van der Waals surface area contributed by atoms with Crippen LogP contribution >= 0.6 is 0 Å². The minimum absolute atomic E-state index is 0.0808. The Morgan fingerprint density at radius 2 is 1.95 bits per heavy atom. The van der Waals surface area contributed by atoms with Gasteiger partial charge >= 0.3 is 0 Å². The van der Waals surface area contributed by atoms with E-state index in [2.05, 4.69) is 17.0 Å². The first-order valence-electron chi connectivity index (χ1n) is 6.83. The molecule has 0 atom stereocenters. The van der Waals surface area contributed by atoms with Gasteiger partial charge < -0.3 is 15.4 Å². The number of ether oxygens (including phenoxy) is 1. The Labute approximate surface area is 114 Å². The Balaban J connectivity index is 1.75. The predicted octanol–water partition coefficient (Wildman–Crippen LogP) is 1.43. The fourth-order valence-corrected chi connectivity index (χ4v) is 2.52. The van der Waals surface area contributed by atoms with E-state index in [-0.39, 0.29) is 11.8 Å². The summed E-state index contributed by atoms with van der Waals surface area (Å²) in [5.74, 6) is 0.832. The highest BCUT2D eigenvalue weighted by molar-refractivity contribution is 5.76. The van der Waals surface area contributed by atoms with Crippen LogP contribution in [0, 0.1) is 5.92 Å². The number of hydrogen-bond donors (Lipinski definition) is 1. The van der Waals surface area contributed by atoms with Crippen molar-refractivity contribution in [2.45, 2.75) is 19.3 Å². The van der Waals surface area contributed by atoms with Crippen molar-refractivity contribution in [3.63, 3.8) is 0 Å². The third-order valence-electron chi connectivity index (χ3n) is 3.87. The molecule has 0 bridgehead atoms. The number of benzene rings is 1. The van der Waals surface area contributed by atoms with Crippen molar-refractivity contribution in [1.82, 2.24) is 4.90 Å². The summed E-state index contributed by atoms with van der Waals surface area (Å²) in [6, 6.07) is 8.20. The number of carbonyl (C=O) groups is 1. The fourth-order valence-electron chi connectivity index (χ4n) is 2.52. The van der Waals surface area contributed by atoms with Crippen LogP contribution in [-0.2, 0) is 11.2 Å². The molecule has 0 aliphatic carbocycles. The summed E-state index contributed by atoms with van der Waals surface area (Å²) in [5, 5.41) is 0. The molecule has 1 amide bonds. The summed E-state index contributed by atoms with van der Waals surface area (Å²) in [5.41, 5.74) is 6.65. The number of carbonyl (C=O) groups excluding carboxylic acids is 1. The third-order valence-corrected chi connectivity index (χ3v) is 3.87. The lowest BCUT2D eigenvalue weighted by molar-refractivity contribution is -0.123. The van der Waals surface area contributed by atoms with Crippen LogP contribution in [0.1, 0.15) is 18.4 Å². The SMILES string of the molecule is COc1ccc(CCN2CCC(C(N)=O)CC2)cc1. The number of primary amides is 1. The first kappa shape index (κ1) is 13.9. The second kappa shape index (κ2) is 6.57. The molecule has 1 fully saturated rings. The zero-order valence-corrected chi connectivity index (χ0v) is 11.5. The van der Waals surface area contributed by atoms with Crippen LogP contribution in [0.4, 0.5) is 0 Å². The van der Waals surface area contributed by atoms with Gasteiger partial charge in [0.05, 0.1) is 7.11 Å². The molecule has 0 spiro atoms. The highest BCUT2D eigenvalue weighted by Gasteiger charge is 2.22. The largest absolute Gasteiger partial charge is 0.497 e. The highest BCUT2D eigenvalue weighted by Crippen LogP contribution is 2.17. The molecule has 1 saturated heterocycles. The lowest BCUT2D eigenvalue weighted by Crippen LogP contribution is -2.39. The fraction of sp³-hybridized carbons (Fsp3) is 0.533. The number of methoxy groups -OCH3 is 1. The normalized spacial score (nSPS) is 17.3. The van der Waals surface area contributed by atoms with Crippen LogP contribution < -0.4 is 10.5 Å². The summed E-state index contributed by atoms with van der Waals surface area (Å²) in [6.07, 6.45) is 2.83. The third kappa shape index (κ3) is 3.96. The summed E-state index contributed by atoms with van der Waals surface area (Å²) in [6.45, 7) is 2.99. The molecule has 1 aromatic carbocycles. The summed E-state index contributed by atoms with van der Waals surface area (Å²) < 4.78 is 5.14. The quantitative estimate of drug-likeness (QED) is 0.873. The second-order valence-corrected chi connectivity index (χ2v) is 5.12. The number of amides is 1. The Morgan fingerprint density at radius 3 is 2.47 bits per heavy atom. The molecule has 104 valence electrons. The maximum absolute atomic E-state index is 11.1. The summed E-state index contributed by atoms with van der Waals surface area (Å²) in [4.78, 5) is 13.5. The molecule has 1 aliphatic rings. The molecule has 2 rings (SSSR count). The van der Waals surface area contributed by atoms with Gasteiger partial charge in [0.2, 0.25) is 5.91 Å². The molecular formula is C15H22N2O2. The van der Waals surface area contributed by atoms with Crippen LogP contribution in [0.25, 0.3) is 0 Å². The van der Waals surface area contributed by atoms with Gasteiger partial charge in [0.15, 0.2) is 0 Å². The van der Waals surface area contributed by atoms with E-state index in [1.807, 2.05) is 12.1 Å². The molecule has 0 unspecified atom stereocenters. The average Bonchev–Trinajstić information content (AvgIpc) is 2.46.